The number of hydrogen-bond donors (Lipinski definition) is 1. The van der Waals surface area contributed by atoms with E-state index in [1.54, 1.807) is 24.1 Å². The highest BCUT2D eigenvalue weighted by Crippen LogP contribution is 2.19. The molecule has 1 aromatic heterocycles. The molecule has 1 aromatic carbocycles. The number of halogens is 3. The molecule has 1 atom stereocenters. The first-order valence-corrected chi connectivity index (χ1v) is 9.23. The Morgan fingerprint density at radius 2 is 1.90 bits per heavy atom. The molecule has 2 heterocycles. The summed E-state index contributed by atoms with van der Waals surface area (Å²) in [4.78, 5) is 20.4. The van der Waals surface area contributed by atoms with E-state index in [-0.39, 0.29) is 35.8 Å². The molecule has 0 saturated carbocycles. The zero-order valence-electron chi connectivity index (χ0n) is 16.4. The Balaban J connectivity index is 0.00000300. The van der Waals surface area contributed by atoms with Crippen molar-refractivity contribution in [1.29, 1.82) is 0 Å². The second-order valence-electron chi connectivity index (χ2n) is 6.75. The molecule has 1 aliphatic heterocycles. The van der Waals surface area contributed by atoms with Crippen LogP contribution in [0.3, 0.4) is 0 Å². The van der Waals surface area contributed by atoms with Gasteiger partial charge in [0.1, 0.15) is 11.6 Å². The number of hydrogen-bond acceptors (Lipinski definition) is 3. The second-order valence-corrected chi connectivity index (χ2v) is 6.75. The van der Waals surface area contributed by atoms with Gasteiger partial charge in [-0.1, -0.05) is 13.0 Å². The van der Waals surface area contributed by atoms with Crippen molar-refractivity contribution in [3.63, 3.8) is 0 Å². The number of carbonyl (C=O) groups is 1. The highest BCUT2D eigenvalue weighted by molar-refractivity contribution is 14.0. The Bertz CT molecular complexity index is 837. The number of carbonyl (C=O) groups excluding carboxylic acids is 1. The highest BCUT2D eigenvalue weighted by atomic mass is 127. The number of aliphatic imine (C=N–C) groups is 1. The lowest BCUT2D eigenvalue weighted by molar-refractivity contribution is 0.0657. The molecule has 1 fully saturated rings. The molecule has 158 valence electrons. The molecule has 1 saturated heterocycles. The molecule has 0 radical (unpaired) electrons. The van der Waals surface area contributed by atoms with E-state index in [0.717, 1.165) is 6.07 Å². The molecule has 3 rings (SSSR count). The fourth-order valence-corrected chi connectivity index (χ4v) is 3.27. The number of furan rings is 1. The summed E-state index contributed by atoms with van der Waals surface area (Å²) in [6.45, 7) is 4.71. The van der Waals surface area contributed by atoms with E-state index in [9.17, 15) is 13.6 Å². The lowest BCUT2D eigenvalue weighted by Crippen LogP contribution is -2.54. The Morgan fingerprint density at radius 3 is 2.48 bits per heavy atom. The zero-order valence-corrected chi connectivity index (χ0v) is 18.7. The van der Waals surface area contributed by atoms with E-state index in [2.05, 4.69) is 15.2 Å². The van der Waals surface area contributed by atoms with Crippen LogP contribution in [-0.2, 0) is 0 Å². The Labute approximate surface area is 186 Å². The summed E-state index contributed by atoms with van der Waals surface area (Å²) in [6, 6.07) is 6.99. The molecule has 0 spiro atoms. The number of rotatable bonds is 4. The number of benzene rings is 1. The largest absolute Gasteiger partial charge is 0.459 e. The molecular weight excluding hydrogens is 493 g/mol. The average molecular weight is 518 g/mol. The third-order valence-corrected chi connectivity index (χ3v) is 4.87. The minimum Gasteiger partial charge on any atom is -0.459 e. The van der Waals surface area contributed by atoms with Crippen molar-refractivity contribution in [3.05, 3.63) is 59.6 Å². The molecule has 1 unspecified atom stereocenters. The van der Waals surface area contributed by atoms with Gasteiger partial charge in [-0.2, -0.15) is 0 Å². The van der Waals surface area contributed by atoms with Gasteiger partial charge in [-0.15, -0.1) is 24.0 Å². The average Bonchev–Trinajstić information content (AvgIpc) is 3.23. The molecule has 1 N–H and O–H groups in total. The lowest BCUT2D eigenvalue weighted by Gasteiger charge is -2.36. The van der Waals surface area contributed by atoms with Crippen LogP contribution in [0.2, 0.25) is 0 Å². The van der Waals surface area contributed by atoms with E-state index in [4.69, 9.17) is 4.42 Å². The Morgan fingerprint density at radius 1 is 1.21 bits per heavy atom. The van der Waals surface area contributed by atoms with Gasteiger partial charge in [0.05, 0.1) is 6.26 Å². The van der Waals surface area contributed by atoms with Crippen LogP contribution in [-0.4, -0.2) is 61.4 Å². The molecule has 2 aromatic rings. The predicted octanol–water partition coefficient (Wildman–Crippen LogP) is 3.31. The summed E-state index contributed by atoms with van der Waals surface area (Å²) in [7, 11) is 1.69. The smallest absolute Gasteiger partial charge is 0.289 e. The van der Waals surface area contributed by atoms with E-state index in [1.807, 2.05) is 6.92 Å². The summed E-state index contributed by atoms with van der Waals surface area (Å²) in [6.07, 6.45) is 1.49. The molecule has 9 heteroatoms. The monoisotopic (exact) mass is 518 g/mol. The quantitative estimate of drug-likeness (QED) is 0.384. The molecular formula is C20H25F2IN4O2. The van der Waals surface area contributed by atoms with Gasteiger partial charge in [0.2, 0.25) is 0 Å². The van der Waals surface area contributed by atoms with Gasteiger partial charge in [0, 0.05) is 51.8 Å². The number of nitrogens with one attached hydrogen (secondary N) is 1. The maximum absolute atomic E-state index is 13.9. The summed E-state index contributed by atoms with van der Waals surface area (Å²) in [5, 5.41) is 3.24. The first-order chi connectivity index (χ1) is 13.5. The maximum atomic E-state index is 13.9. The van der Waals surface area contributed by atoms with E-state index in [1.165, 1.54) is 18.4 Å². The van der Waals surface area contributed by atoms with Crippen LogP contribution in [0.25, 0.3) is 0 Å². The van der Waals surface area contributed by atoms with E-state index in [0.29, 0.717) is 50.0 Å². The van der Waals surface area contributed by atoms with Crippen molar-refractivity contribution >= 4 is 35.8 Å². The van der Waals surface area contributed by atoms with Gasteiger partial charge < -0.3 is 19.5 Å². The minimum absolute atomic E-state index is 0. The molecule has 0 bridgehead atoms. The lowest BCUT2D eigenvalue weighted by atomic mass is 10.0. The van der Waals surface area contributed by atoms with Gasteiger partial charge in [0.15, 0.2) is 11.7 Å². The normalized spacial score (nSPS) is 15.7. The van der Waals surface area contributed by atoms with Crippen molar-refractivity contribution in [2.75, 3.05) is 39.8 Å². The molecule has 0 aliphatic carbocycles. The minimum atomic E-state index is -0.584. The summed E-state index contributed by atoms with van der Waals surface area (Å²) >= 11 is 0. The summed E-state index contributed by atoms with van der Waals surface area (Å²) in [5.74, 6) is -0.369. The van der Waals surface area contributed by atoms with Gasteiger partial charge >= 0.3 is 0 Å². The molecule has 29 heavy (non-hydrogen) atoms. The molecule has 6 nitrogen and oxygen atoms in total. The van der Waals surface area contributed by atoms with Gasteiger partial charge in [-0.25, -0.2) is 8.78 Å². The predicted molar refractivity (Wildman–Crippen MR) is 118 cm³/mol. The number of piperazine rings is 1. The topological polar surface area (TPSA) is 61.1 Å². The van der Waals surface area contributed by atoms with Crippen molar-refractivity contribution in [3.8, 4) is 0 Å². The van der Waals surface area contributed by atoms with Gasteiger partial charge in [-0.3, -0.25) is 9.79 Å². The first-order valence-electron chi connectivity index (χ1n) is 9.23. The number of nitrogens with zero attached hydrogens (tertiary/aromatic N) is 3. The zero-order chi connectivity index (χ0) is 20.1. The third kappa shape index (κ3) is 5.68. The van der Waals surface area contributed by atoms with Crippen LogP contribution >= 0.6 is 24.0 Å². The fraction of sp³-hybridized carbons (Fsp3) is 0.400. The first kappa shape index (κ1) is 23.1. The fourth-order valence-electron chi connectivity index (χ4n) is 3.27. The maximum Gasteiger partial charge on any atom is 0.289 e. The van der Waals surface area contributed by atoms with Crippen molar-refractivity contribution in [2.45, 2.75) is 12.8 Å². The SMILES string of the molecule is CN=C(NCC(C)c1ccc(F)cc1F)N1CCN(C(=O)c2ccco2)CC1.I. The Kier molecular flexibility index (Phi) is 8.42. The van der Waals surface area contributed by atoms with Crippen LogP contribution in [0.5, 0.6) is 0 Å². The van der Waals surface area contributed by atoms with Gasteiger partial charge in [-0.05, 0) is 23.8 Å². The van der Waals surface area contributed by atoms with Crippen LogP contribution in [0.1, 0.15) is 29.0 Å². The van der Waals surface area contributed by atoms with Crippen LogP contribution in [0.4, 0.5) is 8.78 Å². The number of guanidine groups is 1. The second kappa shape index (κ2) is 10.6. The molecule has 1 amide bonds. The van der Waals surface area contributed by atoms with Crippen molar-refractivity contribution in [2.24, 2.45) is 4.99 Å². The standard InChI is InChI=1S/C20H24F2N4O2.HI/c1-14(16-6-5-15(21)12-17(16)22)13-24-20(23-2)26-9-7-25(8-10-26)19(27)18-4-3-11-28-18;/h3-6,11-12,14H,7-10,13H2,1-2H3,(H,23,24);1H. The van der Waals surface area contributed by atoms with Gasteiger partial charge in [0.25, 0.3) is 5.91 Å². The van der Waals surface area contributed by atoms with Crippen LogP contribution in [0, 0.1) is 11.6 Å². The molecule has 1 aliphatic rings. The third-order valence-electron chi connectivity index (χ3n) is 4.87. The summed E-state index contributed by atoms with van der Waals surface area (Å²) in [5.41, 5.74) is 0.457. The van der Waals surface area contributed by atoms with E-state index >= 15 is 0 Å². The highest BCUT2D eigenvalue weighted by Gasteiger charge is 2.25. The summed E-state index contributed by atoms with van der Waals surface area (Å²) < 4.78 is 32.2. The Hall–Kier alpha value is -2.17. The number of amides is 1. The van der Waals surface area contributed by atoms with E-state index < -0.39 is 11.6 Å². The van der Waals surface area contributed by atoms with Crippen molar-refractivity contribution < 1.29 is 18.0 Å². The van der Waals surface area contributed by atoms with Crippen LogP contribution in [0.15, 0.2) is 46.0 Å². The van der Waals surface area contributed by atoms with Crippen molar-refractivity contribution in [1.82, 2.24) is 15.1 Å². The van der Waals surface area contributed by atoms with Crippen LogP contribution < -0.4 is 5.32 Å².